The topological polar surface area (TPSA) is 76.7 Å². The summed E-state index contributed by atoms with van der Waals surface area (Å²) in [6, 6.07) is -0.425. The van der Waals surface area contributed by atoms with Gasteiger partial charge in [-0.15, -0.1) is 16.7 Å². The lowest BCUT2D eigenvalue weighted by atomic mass is 10.2. The van der Waals surface area contributed by atoms with Crippen molar-refractivity contribution in [3.05, 3.63) is 0 Å². The third kappa shape index (κ3) is 2.01. The zero-order chi connectivity index (χ0) is 8.27. The molecule has 0 bridgehead atoms. The van der Waals surface area contributed by atoms with Gasteiger partial charge in [0.1, 0.15) is 0 Å². The van der Waals surface area contributed by atoms with Crippen LogP contribution in [0.2, 0.25) is 0 Å². The molecule has 1 aliphatic rings. The zero-order valence-electron chi connectivity index (χ0n) is 5.61. The number of hydrogen-bond donors (Lipinski definition) is 2. The molecular weight excluding hydrogens is 166 g/mol. The average Bonchev–Trinajstić information content (AvgIpc) is 2.36. The van der Waals surface area contributed by atoms with Crippen molar-refractivity contribution in [2.45, 2.75) is 12.5 Å². The highest BCUT2D eigenvalue weighted by atomic mass is 32.2. The predicted octanol–water partition coefficient (Wildman–Crippen LogP) is -1.15. The Balaban J connectivity index is 2.55. The van der Waals surface area contributed by atoms with Crippen LogP contribution in [0.25, 0.3) is 0 Å². The van der Waals surface area contributed by atoms with Gasteiger partial charge in [0.2, 0.25) is 0 Å². The summed E-state index contributed by atoms with van der Waals surface area (Å²) in [6.45, 7) is 0. The van der Waals surface area contributed by atoms with Crippen LogP contribution in [0.15, 0.2) is 4.40 Å². The van der Waals surface area contributed by atoms with E-state index < -0.39 is 17.3 Å². The van der Waals surface area contributed by atoms with Gasteiger partial charge in [-0.2, -0.15) is 4.28 Å². The number of rotatable bonds is 2. The van der Waals surface area contributed by atoms with Crippen LogP contribution in [-0.2, 0) is 15.6 Å². The van der Waals surface area contributed by atoms with Gasteiger partial charge >= 0.3 is 11.3 Å². The van der Waals surface area contributed by atoms with Gasteiger partial charge in [-0.05, 0) is 0 Å². The van der Waals surface area contributed by atoms with Crippen LogP contribution in [0.4, 0.5) is 0 Å². The van der Waals surface area contributed by atoms with Crippen LogP contribution in [0.5, 0.6) is 0 Å². The summed E-state index contributed by atoms with van der Waals surface area (Å²) in [5.41, 5.74) is 7.82. The standard InChI is InChI=1S/C5H7N3O2S/c1-2-3-4(6)5-7-10-11(9)8-5/h1,4H,3,6H2,(H,7,8). The van der Waals surface area contributed by atoms with E-state index in [1.165, 1.54) is 0 Å². The van der Waals surface area contributed by atoms with Crippen LogP contribution in [0.1, 0.15) is 6.42 Å². The minimum atomic E-state index is -1.65. The number of hydroxylamine groups is 1. The lowest BCUT2D eigenvalue weighted by Crippen LogP contribution is -2.37. The molecule has 0 aromatic carbocycles. The SMILES string of the molecule is C#CCC(N)C1=NS(=O)ON1. The largest absolute Gasteiger partial charge is 0.321 e. The predicted molar refractivity (Wildman–Crippen MR) is 41.2 cm³/mol. The first kappa shape index (κ1) is 8.20. The van der Waals surface area contributed by atoms with Crippen LogP contribution in [0.3, 0.4) is 0 Å². The molecule has 5 nitrogen and oxygen atoms in total. The van der Waals surface area contributed by atoms with E-state index in [1.807, 2.05) is 0 Å². The number of nitrogens with one attached hydrogen (secondary N) is 1. The van der Waals surface area contributed by atoms with Crippen molar-refractivity contribution in [2.75, 3.05) is 0 Å². The van der Waals surface area contributed by atoms with Gasteiger partial charge in [-0.1, -0.05) is 0 Å². The molecule has 1 aliphatic heterocycles. The maximum absolute atomic E-state index is 10.5. The number of nitrogens with zero attached hydrogens (tertiary/aromatic N) is 1. The van der Waals surface area contributed by atoms with E-state index in [9.17, 15) is 4.21 Å². The van der Waals surface area contributed by atoms with E-state index in [1.54, 1.807) is 0 Å². The Kier molecular flexibility index (Phi) is 2.59. The van der Waals surface area contributed by atoms with Crippen molar-refractivity contribution in [1.82, 2.24) is 5.48 Å². The first-order chi connectivity index (χ1) is 5.24. The molecule has 2 unspecified atom stereocenters. The molecule has 0 spiro atoms. The van der Waals surface area contributed by atoms with Crippen molar-refractivity contribution in [3.8, 4) is 12.3 Å². The quantitative estimate of drug-likeness (QED) is 0.517. The van der Waals surface area contributed by atoms with E-state index in [0.29, 0.717) is 12.3 Å². The average molecular weight is 173 g/mol. The molecule has 0 saturated carbocycles. The number of amidine groups is 1. The van der Waals surface area contributed by atoms with Crippen LogP contribution < -0.4 is 11.2 Å². The second-order valence-electron chi connectivity index (χ2n) is 1.89. The zero-order valence-corrected chi connectivity index (χ0v) is 6.43. The van der Waals surface area contributed by atoms with Gasteiger partial charge < -0.3 is 5.73 Å². The second-order valence-corrected chi connectivity index (χ2v) is 2.68. The summed E-state index contributed by atoms with van der Waals surface area (Å²) in [4.78, 5) is 0. The third-order valence-corrected chi connectivity index (χ3v) is 1.65. The van der Waals surface area contributed by atoms with E-state index in [-0.39, 0.29) is 0 Å². The Morgan fingerprint density at radius 3 is 3.18 bits per heavy atom. The summed E-state index contributed by atoms with van der Waals surface area (Å²) >= 11 is -1.65. The summed E-state index contributed by atoms with van der Waals surface area (Å²) in [5.74, 6) is 2.69. The molecule has 3 N–H and O–H groups in total. The van der Waals surface area contributed by atoms with Crippen LogP contribution in [0, 0.1) is 12.3 Å². The number of nitrogens with two attached hydrogens (primary N) is 1. The van der Waals surface area contributed by atoms with Crippen molar-refractivity contribution in [1.29, 1.82) is 0 Å². The Hall–Kier alpha value is -0.900. The van der Waals surface area contributed by atoms with Crippen LogP contribution in [-0.4, -0.2) is 16.1 Å². The van der Waals surface area contributed by atoms with Gasteiger partial charge in [0.05, 0.1) is 6.04 Å². The van der Waals surface area contributed by atoms with Gasteiger partial charge in [-0.3, -0.25) is 0 Å². The van der Waals surface area contributed by atoms with Gasteiger partial charge in [0, 0.05) is 6.42 Å². The van der Waals surface area contributed by atoms with Gasteiger partial charge in [0.15, 0.2) is 5.84 Å². The van der Waals surface area contributed by atoms with E-state index in [2.05, 4.69) is 20.1 Å². The first-order valence-corrected chi connectivity index (χ1v) is 3.90. The summed E-state index contributed by atoms with van der Waals surface area (Å²) in [7, 11) is 0. The molecule has 11 heavy (non-hydrogen) atoms. The second kappa shape index (κ2) is 3.48. The summed E-state index contributed by atoms with van der Waals surface area (Å²) in [5, 5.41) is 0. The first-order valence-electron chi connectivity index (χ1n) is 2.87. The molecule has 0 aliphatic carbocycles. The highest BCUT2D eigenvalue weighted by Crippen LogP contribution is 1.99. The molecule has 0 aromatic heterocycles. The normalized spacial score (nSPS) is 25.1. The Bertz CT molecular complexity index is 245. The molecule has 60 valence electrons. The summed E-state index contributed by atoms with van der Waals surface area (Å²) < 4.78 is 18.4. The number of hydrogen-bond acceptors (Lipinski definition) is 4. The third-order valence-electron chi connectivity index (χ3n) is 1.08. The Morgan fingerprint density at radius 2 is 2.73 bits per heavy atom. The monoisotopic (exact) mass is 173 g/mol. The van der Waals surface area contributed by atoms with Crippen molar-refractivity contribution < 1.29 is 8.49 Å². The molecule has 6 heteroatoms. The molecule has 0 saturated heterocycles. The van der Waals surface area contributed by atoms with Gasteiger partial charge in [0.25, 0.3) is 0 Å². The molecule has 2 atom stereocenters. The van der Waals surface area contributed by atoms with E-state index >= 15 is 0 Å². The fourth-order valence-corrected chi connectivity index (χ4v) is 1.09. The molecule has 0 amide bonds. The van der Waals surface area contributed by atoms with Crippen LogP contribution >= 0.6 is 0 Å². The highest BCUT2D eigenvalue weighted by Gasteiger charge is 2.18. The van der Waals surface area contributed by atoms with Gasteiger partial charge in [-0.25, -0.2) is 9.69 Å². The molecule has 0 fully saturated rings. The number of terminal acetylenes is 1. The lowest BCUT2D eigenvalue weighted by molar-refractivity contribution is 0.301. The molecule has 1 heterocycles. The molecular formula is C5H7N3O2S. The van der Waals surface area contributed by atoms with E-state index in [0.717, 1.165) is 0 Å². The minimum absolute atomic E-state index is 0.335. The fourth-order valence-electron chi connectivity index (χ4n) is 0.563. The lowest BCUT2D eigenvalue weighted by Gasteiger charge is -2.04. The fraction of sp³-hybridized carbons (Fsp3) is 0.400. The smallest absolute Gasteiger partial charge is 0.309 e. The van der Waals surface area contributed by atoms with E-state index in [4.69, 9.17) is 12.2 Å². The summed E-state index contributed by atoms with van der Waals surface area (Å²) in [6.07, 6.45) is 5.34. The van der Waals surface area contributed by atoms with Crippen molar-refractivity contribution in [3.63, 3.8) is 0 Å². The maximum Gasteiger partial charge on any atom is 0.309 e. The van der Waals surface area contributed by atoms with Crippen molar-refractivity contribution >= 4 is 17.1 Å². The minimum Gasteiger partial charge on any atom is -0.321 e. The molecule has 0 radical (unpaired) electrons. The Morgan fingerprint density at radius 1 is 2.00 bits per heavy atom. The maximum atomic E-state index is 10.5. The highest BCUT2D eigenvalue weighted by molar-refractivity contribution is 7.79. The van der Waals surface area contributed by atoms with Crippen molar-refractivity contribution in [2.24, 2.45) is 10.1 Å². The molecule has 1 rings (SSSR count). The Labute approximate surface area is 66.8 Å². The molecule has 0 aromatic rings.